The van der Waals surface area contributed by atoms with Gasteiger partial charge in [-0.2, -0.15) is 0 Å². The number of nitrogens with one attached hydrogen (secondary N) is 1. The van der Waals surface area contributed by atoms with Crippen LogP contribution in [0.1, 0.15) is 42.5 Å². The lowest BCUT2D eigenvalue weighted by atomic mass is 9.97. The third-order valence-electron chi connectivity index (χ3n) is 5.20. The summed E-state index contributed by atoms with van der Waals surface area (Å²) in [4.78, 5) is 17.8. The van der Waals surface area contributed by atoms with Crippen molar-refractivity contribution in [1.29, 1.82) is 0 Å². The SMILES string of the molecule is O=C(NCCC1=CCCCC1)c1cc(-c2cccc(Br)c2)nc2ccccc12. The molecule has 0 saturated carbocycles. The highest BCUT2D eigenvalue weighted by Crippen LogP contribution is 2.27. The van der Waals surface area contributed by atoms with Crippen molar-refractivity contribution in [3.63, 3.8) is 0 Å². The number of pyridine rings is 1. The molecular weight excluding hydrogens is 412 g/mol. The van der Waals surface area contributed by atoms with E-state index >= 15 is 0 Å². The van der Waals surface area contributed by atoms with Crippen LogP contribution in [-0.4, -0.2) is 17.4 Å². The Balaban J connectivity index is 1.61. The van der Waals surface area contributed by atoms with Crippen LogP contribution >= 0.6 is 15.9 Å². The highest BCUT2D eigenvalue weighted by Gasteiger charge is 2.14. The lowest BCUT2D eigenvalue weighted by Crippen LogP contribution is -2.25. The Hall–Kier alpha value is -2.46. The van der Waals surface area contributed by atoms with Crippen LogP contribution in [0.25, 0.3) is 22.2 Å². The Bertz CT molecular complexity index is 1040. The van der Waals surface area contributed by atoms with Crippen molar-refractivity contribution in [1.82, 2.24) is 10.3 Å². The number of hydrogen-bond donors (Lipinski definition) is 1. The van der Waals surface area contributed by atoms with Gasteiger partial charge in [0.15, 0.2) is 0 Å². The second kappa shape index (κ2) is 8.70. The Labute approximate surface area is 174 Å². The molecule has 3 nitrogen and oxygen atoms in total. The molecular formula is C24H23BrN2O. The van der Waals surface area contributed by atoms with Crippen molar-refractivity contribution in [2.24, 2.45) is 0 Å². The van der Waals surface area contributed by atoms with Crippen LogP contribution in [-0.2, 0) is 0 Å². The molecule has 0 radical (unpaired) electrons. The molecule has 1 aliphatic rings. The van der Waals surface area contributed by atoms with Gasteiger partial charge in [-0.25, -0.2) is 4.98 Å². The number of amides is 1. The Morgan fingerprint density at radius 1 is 1.07 bits per heavy atom. The number of fused-ring (bicyclic) bond motifs is 1. The summed E-state index contributed by atoms with van der Waals surface area (Å²) in [6, 6.07) is 17.7. The van der Waals surface area contributed by atoms with Crippen molar-refractivity contribution >= 4 is 32.7 Å². The number of nitrogens with zero attached hydrogens (tertiary/aromatic N) is 1. The van der Waals surface area contributed by atoms with E-state index in [1.54, 1.807) is 0 Å². The number of allylic oxidation sites excluding steroid dienone is 1. The molecule has 4 rings (SSSR count). The third-order valence-corrected chi connectivity index (χ3v) is 5.69. The second-order valence-electron chi connectivity index (χ2n) is 7.20. The van der Waals surface area contributed by atoms with E-state index in [-0.39, 0.29) is 5.91 Å². The fraction of sp³-hybridized carbons (Fsp3) is 0.250. The number of para-hydroxylation sites is 1. The maximum atomic E-state index is 13.0. The first-order chi connectivity index (χ1) is 13.7. The quantitative estimate of drug-likeness (QED) is 0.479. The number of hydrogen-bond acceptors (Lipinski definition) is 2. The molecule has 1 heterocycles. The molecule has 1 aromatic heterocycles. The predicted molar refractivity (Wildman–Crippen MR) is 118 cm³/mol. The van der Waals surface area contributed by atoms with Crippen LogP contribution in [0.15, 0.2) is 70.7 Å². The van der Waals surface area contributed by atoms with E-state index in [0.717, 1.165) is 33.1 Å². The van der Waals surface area contributed by atoms with E-state index in [9.17, 15) is 4.79 Å². The van der Waals surface area contributed by atoms with Crippen LogP contribution in [0.4, 0.5) is 0 Å². The molecule has 0 atom stereocenters. The molecule has 0 unspecified atom stereocenters. The van der Waals surface area contributed by atoms with Gasteiger partial charge in [-0.15, -0.1) is 0 Å². The topological polar surface area (TPSA) is 42.0 Å². The van der Waals surface area contributed by atoms with Gasteiger partial charge in [0.1, 0.15) is 0 Å². The van der Waals surface area contributed by atoms with Crippen molar-refractivity contribution in [3.05, 3.63) is 76.3 Å². The summed E-state index contributed by atoms with van der Waals surface area (Å²) in [6.07, 6.45) is 8.17. The highest BCUT2D eigenvalue weighted by atomic mass is 79.9. The van der Waals surface area contributed by atoms with Gasteiger partial charge in [0.05, 0.1) is 16.8 Å². The molecule has 0 aliphatic heterocycles. The van der Waals surface area contributed by atoms with Crippen molar-refractivity contribution < 1.29 is 4.79 Å². The average Bonchev–Trinajstić information content (AvgIpc) is 2.73. The first-order valence-corrected chi connectivity index (χ1v) is 10.6. The molecule has 0 saturated heterocycles. The minimum Gasteiger partial charge on any atom is -0.352 e. The fourth-order valence-corrected chi connectivity index (χ4v) is 4.12. The minimum absolute atomic E-state index is 0.0359. The van der Waals surface area contributed by atoms with Gasteiger partial charge >= 0.3 is 0 Å². The summed E-state index contributed by atoms with van der Waals surface area (Å²) in [5, 5.41) is 4.00. The largest absolute Gasteiger partial charge is 0.352 e. The van der Waals surface area contributed by atoms with Gasteiger partial charge < -0.3 is 5.32 Å². The molecule has 2 aromatic carbocycles. The zero-order valence-corrected chi connectivity index (χ0v) is 17.3. The molecule has 3 aromatic rings. The summed E-state index contributed by atoms with van der Waals surface area (Å²) in [7, 11) is 0. The van der Waals surface area contributed by atoms with E-state index in [1.165, 1.54) is 31.3 Å². The third kappa shape index (κ3) is 4.33. The van der Waals surface area contributed by atoms with Crippen molar-refractivity contribution in [2.75, 3.05) is 6.54 Å². The number of benzene rings is 2. The van der Waals surface area contributed by atoms with Crippen LogP contribution in [0, 0.1) is 0 Å². The van der Waals surface area contributed by atoms with E-state index in [1.807, 2.05) is 54.6 Å². The van der Waals surface area contributed by atoms with Gasteiger partial charge in [0.25, 0.3) is 5.91 Å². The summed E-state index contributed by atoms with van der Waals surface area (Å²) < 4.78 is 0.992. The molecule has 0 bridgehead atoms. The maximum absolute atomic E-state index is 13.0. The lowest BCUT2D eigenvalue weighted by Gasteiger charge is -2.14. The zero-order chi connectivity index (χ0) is 19.3. The van der Waals surface area contributed by atoms with Crippen molar-refractivity contribution in [2.45, 2.75) is 32.1 Å². The van der Waals surface area contributed by atoms with Crippen LogP contribution in [0.2, 0.25) is 0 Å². The molecule has 4 heteroatoms. The van der Waals surface area contributed by atoms with Crippen molar-refractivity contribution in [3.8, 4) is 11.3 Å². The first kappa shape index (κ1) is 18.9. The molecule has 1 amide bonds. The monoisotopic (exact) mass is 434 g/mol. The van der Waals surface area contributed by atoms with E-state index in [0.29, 0.717) is 12.1 Å². The average molecular weight is 435 g/mol. The van der Waals surface area contributed by atoms with Gasteiger partial charge in [-0.3, -0.25) is 4.79 Å². The van der Waals surface area contributed by atoms with Gasteiger partial charge in [-0.05, 0) is 56.4 Å². The van der Waals surface area contributed by atoms with E-state index in [2.05, 4.69) is 27.3 Å². The maximum Gasteiger partial charge on any atom is 0.252 e. The molecule has 142 valence electrons. The summed E-state index contributed by atoms with van der Waals surface area (Å²) in [6.45, 7) is 0.674. The van der Waals surface area contributed by atoms with Crippen LogP contribution < -0.4 is 5.32 Å². The predicted octanol–water partition coefficient (Wildman–Crippen LogP) is 6.28. The lowest BCUT2D eigenvalue weighted by molar-refractivity contribution is 0.0955. The van der Waals surface area contributed by atoms with Gasteiger partial charge in [0, 0.05) is 22.0 Å². The molecule has 0 fully saturated rings. The molecule has 28 heavy (non-hydrogen) atoms. The normalized spacial score (nSPS) is 14.0. The van der Waals surface area contributed by atoms with E-state index < -0.39 is 0 Å². The van der Waals surface area contributed by atoms with E-state index in [4.69, 9.17) is 4.98 Å². The summed E-state index contributed by atoms with van der Waals surface area (Å²) >= 11 is 3.52. The van der Waals surface area contributed by atoms with Gasteiger partial charge in [-0.1, -0.05) is 57.9 Å². The molecule has 0 spiro atoms. The van der Waals surface area contributed by atoms with Crippen LogP contribution in [0.5, 0.6) is 0 Å². The number of carbonyl (C=O) groups is 1. The summed E-state index contributed by atoms with van der Waals surface area (Å²) in [5.41, 5.74) is 4.78. The molecule has 1 N–H and O–H groups in total. The van der Waals surface area contributed by atoms with Gasteiger partial charge in [0.2, 0.25) is 0 Å². The first-order valence-electron chi connectivity index (χ1n) is 9.82. The highest BCUT2D eigenvalue weighted by molar-refractivity contribution is 9.10. The Morgan fingerprint density at radius 3 is 2.79 bits per heavy atom. The number of carbonyl (C=O) groups excluding carboxylic acids is 1. The summed E-state index contributed by atoms with van der Waals surface area (Å²) in [5.74, 6) is -0.0359. The minimum atomic E-state index is -0.0359. The standard InChI is InChI=1S/C24H23BrN2O/c25-19-10-6-9-18(15-19)23-16-21(20-11-4-5-12-22(20)27-23)24(28)26-14-13-17-7-2-1-3-8-17/h4-7,9-12,15-16H,1-3,8,13-14H2,(H,26,28). The number of halogens is 1. The second-order valence-corrected chi connectivity index (χ2v) is 8.11. The molecule has 1 aliphatic carbocycles. The Kier molecular flexibility index (Phi) is 5.87. The Morgan fingerprint density at radius 2 is 1.96 bits per heavy atom. The number of aromatic nitrogens is 1. The smallest absolute Gasteiger partial charge is 0.252 e. The van der Waals surface area contributed by atoms with Crippen LogP contribution in [0.3, 0.4) is 0 Å². The fourth-order valence-electron chi connectivity index (χ4n) is 3.72. The zero-order valence-electron chi connectivity index (χ0n) is 15.7. The number of rotatable bonds is 5.